The van der Waals surface area contributed by atoms with E-state index >= 15 is 0 Å². The first-order valence-electron chi connectivity index (χ1n) is 6.16. The molecule has 0 aliphatic heterocycles. The van der Waals surface area contributed by atoms with Crippen molar-refractivity contribution in [3.05, 3.63) is 28.5 Å². The lowest BCUT2D eigenvalue weighted by Gasteiger charge is -2.22. The highest BCUT2D eigenvalue weighted by molar-refractivity contribution is 6.32. The van der Waals surface area contributed by atoms with Gasteiger partial charge in [-0.15, -0.1) is 0 Å². The van der Waals surface area contributed by atoms with Crippen LogP contribution in [0.4, 0.5) is 9.18 Å². The van der Waals surface area contributed by atoms with Crippen LogP contribution in [0.15, 0.2) is 12.1 Å². The third kappa shape index (κ3) is 4.60. The van der Waals surface area contributed by atoms with Gasteiger partial charge in [-0.3, -0.25) is 0 Å². The molecule has 5 nitrogen and oxygen atoms in total. The summed E-state index contributed by atoms with van der Waals surface area (Å²) < 4.78 is 23.6. The number of aldehydes is 1. The molecule has 21 heavy (non-hydrogen) atoms. The fourth-order valence-electron chi connectivity index (χ4n) is 1.63. The highest BCUT2D eigenvalue weighted by atomic mass is 35.5. The van der Waals surface area contributed by atoms with Crippen LogP contribution in [0, 0.1) is 5.82 Å². The smallest absolute Gasteiger partial charge is 0.408 e. The first-order chi connectivity index (χ1) is 9.69. The second-order valence-corrected chi connectivity index (χ2v) is 5.62. The van der Waals surface area contributed by atoms with Crippen molar-refractivity contribution in [2.45, 2.75) is 32.4 Å². The SMILES string of the molecule is COc1ccc(F)c(Cl)c1C(C=O)NC(=O)OC(C)(C)C. The van der Waals surface area contributed by atoms with Crippen molar-refractivity contribution in [3.8, 4) is 5.75 Å². The number of alkyl carbamates (subject to hydrolysis) is 1. The minimum atomic E-state index is -1.18. The molecular weight excluding hydrogens is 301 g/mol. The average Bonchev–Trinajstić information content (AvgIpc) is 2.37. The molecule has 0 aliphatic carbocycles. The van der Waals surface area contributed by atoms with Gasteiger partial charge in [0, 0.05) is 5.56 Å². The van der Waals surface area contributed by atoms with Gasteiger partial charge in [0.05, 0.1) is 12.1 Å². The van der Waals surface area contributed by atoms with E-state index in [-0.39, 0.29) is 16.3 Å². The van der Waals surface area contributed by atoms with E-state index in [9.17, 15) is 14.0 Å². The van der Waals surface area contributed by atoms with Gasteiger partial charge in [0.15, 0.2) is 0 Å². The maximum atomic E-state index is 13.6. The minimum absolute atomic E-state index is 0.0417. The normalized spacial score (nSPS) is 12.5. The molecular formula is C14H17ClFNO4. The van der Waals surface area contributed by atoms with E-state index in [4.69, 9.17) is 21.1 Å². The van der Waals surface area contributed by atoms with Gasteiger partial charge in [-0.25, -0.2) is 9.18 Å². The fraction of sp³-hybridized carbons (Fsp3) is 0.429. The maximum Gasteiger partial charge on any atom is 0.408 e. The molecule has 7 heteroatoms. The number of amides is 1. The van der Waals surface area contributed by atoms with Crippen molar-refractivity contribution in [2.24, 2.45) is 0 Å². The van der Waals surface area contributed by atoms with Crippen LogP contribution in [0.25, 0.3) is 0 Å². The molecule has 1 aromatic carbocycles. The van der Waals surface area contributed by atoms with Crippen molar-refractivity contribution in [2.75, 3.05) is 7.11 Å². The second-order valence-electron chi connectivity index (χ2n) is 5.24. The monoisotopic (exact) mass is 317 g/mol. The van der Waals surface area contributed by atoms with Crippen molar-refractivity contribution >= 4 is 24.0 Å². The van der Waals surface area contributed by atoms with Crippen LogP contribution in [0.1, 0.15) is 32.4 Å². The van der Waals surface area contributed by atoms with Crippen LogP contribution in [-0.4, -0.2) is 25.1 Å². The Morgan fingerprint density at radius 1 is 1.43 bits per heavy atom. The molecule has 0 spiro atoms. The summed E-state index contributed by atoms with van der Waals surface area (Å²) in [4.78, 5) is 23.0. The highest BCUT2D eigenvalue weighted by Crippen LogP contribution is 2.33. The minimum Gasteiger partial charge on any atom is -0.496 e. The van der Waals surface area contributed by atoms with Gasteiger partial charge in [0.25, 0.3) is 0 Å². The Bertz CT molecular complexity index is 543. The molecule has 1 rings (SSSR count). The number of hydrogen-bond acceptors (Lipinski definition) is 4. The summed E-state index contributed by atoms with van der Waals surface area (Å²) in [7, 11) is 1.35. The molecule has 0 saturated carbocycles. The number of hydrogen-bond donors (Lipinski definition) is 1. The summed E-state index contributed by atoms with van der Waals surface area (Å²) in [6, 6.07) is 1.25. The Hall–Kier alpha value is -1.82. The molecule has 1 unspecified atom stereocenters. The predicted molar refractivity (Wildman–Crippen MR) is 76.1 cm³/mol. The van der Waals surface area contributed by atoms with Crippen molar-refractivity contribution in [1.29, 1.82) is 0 Å². The lowest BCUT2D eigenvalue weighted by Crippen LogP contribution is -2.35. The van der Waals surface area contributed by atoms with E-state index in [2.05, 4.69) is 5.32 Å². The molecule has 1 aromatic rings. The van der Waals surface area contributed by atoms with Crippen LogP contribution in [-0.2, 0) is 9.53 Å². The molecule has 0 heterocycles. The number of carbonyl (C=O) groups excluding carboxylic acids is 2. The van der Waals surface area contributed by atoms with E-state index in [1.807, 2.05) is 0 Å². The van der Waals surface area contributed by atoms with E-state index in [0.29, 0.717) is 6.29 Å². The quantitative estimate of drug-likeness (QED) is 0.866. The Morgan fingerprint density at radius 3 is 2.52 bits per heavy atom. The Morgan fingerprint density at radius 2 is 2.05 bits per heavy atom. The molecule has 1 N–H and O–H groups in total. The Balaban J connectivity index is 3.08. The Kier molecular flexibility index (Phi) is 5.54. The zero-order valence-corrected chi connectivity index (χ0v) is 13.0. The number of carbonyl (C=O) groups is 2. The lowest BCUT2D eigenvalue weighted by atomic mass is 10.1. The van der Waals surface area contributed by atoms with E-state index < -0.39 is 23.6 Å². The van der Waals surface area contributed by atoms with Gasteiger partial charge in [-0.2, -0.15) is 0 Å². The third-order valence-corrected chi connectivity index (χ3v) is 2.82. The third-order valence-electron chi connectivity index (χ3n) is 2.43. The number of benzene rings is 1. The fourth-order valence-corrected chi connectivity index (χ4v) is 1.90. The van der Waals surface area contributed by atoms with Gasteiger partial charge in [-0.1, -0.05) is 11.6 Å². The molecule has 0 aromatic heterocycles. The number of nitrogens with one attached hydrogen (secondary N) is 1. The summed E-state index contributed by atoms with van der Waals surface area (Å²) in [6.45, 7) is 5.04. The second kappa shape index (κ2) is 6.76. The maximum absolute atomic E-state index is 13.6. The number of ether oxygens (including phenoxy) is 2. The van der Waals surface area contributed by atoms with Gasteiger partial charge in [0.1, 0.15) is 29.5 Å². The van der Waals surface area contributed by atoms with Crippen LogP contribution in [0.2, 0.25) is 5.02 Å². The molecule has 1 amide bonds. The first-order valence-corrected chi connectivity index (χ1v) is 6.54. The summed E-state index contributed by atoms with van der Waals surface area (Å²) in [6.07, 6.45) is -0.394. The van der Waals surface area contributed by atoms with Crippen LogP contribution in [0.5, 0.6) is 5.75 Å². The lowest BCUT2D eigenvalue weighted by molar-refractivity contribution is -0.109. The molecule has 0 radical (unpaired) electrons. The van der Waals surface area contributed by atoms with E-state index in [1.54, 1.807) is 20.8 Å². The zero-order chi connectivity index (χ0) is 16.2. The first kappa shape index (κ1) is 17.2. The number of methoxy groups -OCH3 is 1. The van der Waals surface area contributed by atoms with Crippen molar-refractivity contribution in [3.63, 3.8) is 0 Å². The zero-order valence-electron chi connectivity index (χ0n) is 12.2. The average molecular weight is 318 g/mol. The summed E-state index contributed by atoms with van der Waals surface area (Å²) in [5.41, 5.74) is -0.687. The van der Waals surface area contributed by atoms with Gasteiger partial charge < -0.3 is 19.6 Å². The molecule has 116 valence electrons. The van der Waals surface area contributed by atoms with Crippen LogP contribution < -0.4 is 10.1 Å². The largest absolute Gasteiger partial charge is 0.496 e. The van der Waals surface area contributed by atoms with Gasteiger partial charge in [0.2, 0.25) is 0 Å². The molecule has 1 atom stereocenters. The standard InChI is InChI=1S/C14H17ClFNO4/c1-14(2,3)21-13(19)17-9(7-18)11-10(20-4)6-5-8(16)12(11)15/h5-7,9H,1-4H3,(H,17,19). The van der Waals surface area contributed by atoms with Crippen molar-refractivity contribution in [1.82, 2.24) is 5.32 Å². The summed E-state index contributed by atoms with van der Waals surface area (Å²) in [5, 5.41) is 2.03. The highest BCUT2D eigenvalue weighted by Gasteiger charge is 2.25. The molecule has 0 aliphatic rings. The number of rotatable bonds is 4. The van der Waals surface area contributed by atoms with E-state index in [0.717, 1.165) is 6.07 Å². The molecule has 0 saturated heterocycles. The van der Waals surface area contributed by atoms with Gasteiger partial charge in [-0.05, 0) is 32.9 Å². The van der Waals surface area contributed by atoms with Crippen molar-refractivity contribution < 1.29 is 23.5 Å². The predicted octanol–water partition coefficient (Wildman–Crippen LogP) is 3.25. The van der Waals surface area contributed by atoms with Gasteiger partial charge >= 0.3 is 6.09 Å². The van der Waals surface area contributed by atoms with E-state index in [1.165, 1.54) is 13.2 Å². The number of halogens is 2. The van der Waals surface area contributed by atoms with Crippen LogP contribution in [0.3, 0.4) is 0 Å². The molecule has 0 bridgehead atoms. The topological polar surface area (TPSA) is 64.6 Å². The summed E-state index contributed by atoms with van der Waals surface area (Å²) >= 11 is 5.86. The molecule has 0 fully saturated rings. The summed E-state index contributed by atoms with van der Waals surface area (Å²) in [5.74, 6) is -0.528. The van der Waals surface area contributed by atoms with Crippen LogP contribution >= 0.6 is 11.6 Å². The Labute approximate surface area is 127 Å².